The maximum atomic E-state index is 8.61. The third kappa shape index (κ3) is 5.14. The van der Waals surface area contributed by atoms with E-state index in [0.29, 0.717) is 5.69 Å². The van der Waals surface area contributed by atoms with Gasteiger partial charge in [0.1, 0.15) is 5.69 Å². The molecule has 1 saturated carbocycles. The maximum absolute atomic E-state index is 8.61. The van der Waals surface area contributed by atoms with Crippen molar-refractivity contribution in [2.75, 3.05) is 19.8 Å². The van der Waals surface area contributed by atoms with Crippen LogP contribution in [-0.4, -0.2) is 35.8 Å². The standard InChI is InChI=1S/C14H22N4O2/c15-14(18-19)13-8-12(4-6-17-13)9-16-5-1-7-20-10-11-2-3-11/h4,6,8,11,16,19H,1-3,5,7,9-10H2,(H2,15,18). The van der Waals surface area contributed by atoms with Crippen molar-refractivity contribution in [1.29, 1.82) is 0 Å². The normalized spacial score (nSPS) is 15.5. The molecule has 2 rings (SSSR count). The molecule has 0 bridgehead atoms. The van der Waals surface area contributed by atoms with Gasteiger partial charge in [-0.2, -0.15) is 0 Å². The van der Waals surface area contributed by atoms with E-state index in [0.717, 1.165) is 44.2 Å². The number of rotatable bonds is 9. The second-order valence-electron chi connectivity index (χ2n) is 5.08. The summed E-state index contributed by atoms with van der Waals surface area (Å²) in [5, 5.41) is 14.9. The molecule has 6 nitrogen and oxygen atoms in total. The third-order valence-corrected chi connectivity index (χ3v) is 3.22. The van der Waals surface area contributed by atoms with Gasteiger partial charge in [0.25, 0.3) is 0 Å². The number of hydrogen-bond donors (Lipinski definition) is 3. The quantitative estimate of drug-likeness (QED) is 0.207. The average Bonchev–Trinajstić information content (AvgIpc) is 3.30. The summed E-state index contributed by atoms with van der Waals surface area (Å²) in [7, 11) is 0. The SMILES string of the molecule is N/C(=N/O)c1cc(CNCCCOCC2CC2)ccn1. The zero-order valence-electron chi connectivity index (χ0n) is 11.6. The predicted octanol–water partition coefficient (Wildman–Crippen LogP) is 1.08. The van der Waals surface area contributed by atoms with Crippen molar-refractivity contribution in [3.05, 3.63) is 29.6 Å². The van der Waals surface area contributed by atoms with E-state index in [1.807, 2.05) is 12.1 Å². The summed E-state index contributed by atoms with van der Waals surface area (Å²) in [6.45, 7) is 3.38. The van der Waals surface area contributed by atoms with E-state index < -0.39 is 0 Å². The molecule has 0 amide bonds. The number of nitrogens with two attached hydrogens (primary N) is 1. The van der Waals surface area contributed by atoms with E-state index in [9.17, 15) is 0 Å². The highest BCUT2D eigenvalue weighted by atomic mass is 16.5. The highest BCUT2D eigenvalue weighted by Gasteiger charge is 2.20. The number of oxime groups is 1. The molecule has 0 unspecified atom stereocenters. The molecule has 20 heavy (non-hydrogen) atoms. The first kappa shape index (κ1) is 14.7. The number of pyridine rings is 1. The molecule has 0 radical (unpaired) electrons. The molecule has 0 aromatic carbocycles. The number of nitrogens with one attached hydrogen (secondary N) is 1. The van der Waals surface area contributed by atoms with Crippen LogP contribution in [0.4, 0.5) is 0 Å². The second kappa shape index (κ2) is 7.81. The minimum atomic E-state index is 0.0281. The molecule has 1 aliphatic carbocycles. The van der Waals surface area contributed by atoms with Crippen LogP contribution in [0.2, 0.25) is 0 Å². The van der Waals surface area contributed by atoms with Gasteiger partial charge in [-0.25, -0.2) is 0 Å². The molecule has 6 heteroatoms. The van der Waals surface area contributed by atoms with Crippen LogP contribution in [0.3, 0.4) is 0 Å². The van der Waals surface area contributed by atoms with Gasteiger partial charge in [0.15, 0.2) is 5.84 Å². The summed E-state index contributed by atoms with van der Waals surface area (Å²) in [5.74, 6) is 0.858. The smallest absolute Gasteiger partial charge is 0.188 e. The maximum Gasteiger partial charge on any atom is 0.188 e. The number of hydrogen-bond acceptors (Lipinski definition) is 5. The lowest BCUT2D eigenvalue weighted by atomic mass is 10.2. The lowest BCUT2D eigenvalue weighted by molar-refractivity contribution is 0.122. The first-order chi connectivity index (χ1) is 9.79. The van der Waals surface area contributed by atoms with E-state index in [1.54, 1.807) is 6.20 Å². The summed E-state index contributed by atoms with van der Waals surface area (Å²) in [6.07, 6.45) is 5.33. The molecule has 1 aromatic heterocycles. The summed E-state index contributed by atoms with van der Waals surface area (Å²) in [5.41, 5.74) is 7.04. The van der Waals surface area contributed by atoms with Gasteiger partial charge in [-0.05, 0) is 49.4 Å². The van der Waals surface area contributed by atoms with Crippen LogP contribution in [-0.2, 0) is 11.3 Å². The largest absolute Gasteiger partial charge is 0.409 e. The Balaban J connectivity index is 1.60. The molecular formula is C14H22N4O2. The number of nitrogens with zero attached hydrogens (tertiary/aromatic N) is 2. The first-order valence-electron chi connectivity index (χ1n) is 7.01. The molecule has 1 aliphatic rings. The van der Waals surface area contributed by atoms with Gasteiger partial charge >= 0.3 is 0 Å². The van der Waals surface area contributed by atoms with E-state index >= 15 is 0 Å². The molecule has 0 atom stereocenters. The van der Waals surface area contributed by atoms with E-state index in [-0.39, 0.29) is 5.84 Å². The Morgan fingerprint density at radius 2 is 2.40 bits per heavy atom. The van der Waals surface area contributed by atoms with E-state index in [1.165, 1.54) is 12.8 Å². The number of amidine groups is 1. The molecule has 4 N–H and O–H groups in total. The molecule has 0 saturated heterocycles. The fraction of sp³-hybridized carbons (Fsp3) is 0.571. The van der Waals surface area contributed by atoms with Crippen LogP contribution in [0.25, 0.3) is 0 Å². The fourth-order valence-electron chi connectivity index (χ4n) is 1.84. The van der Waals surface area contributed by atoms with Crippen LogP contribution in [0, 0.1) is 5.92 Å². The highest BCUT2D eigenvalue weighted by Crippen LogP contribution is 2.28. The van der Waals surface area contributed by atoms with Gasteiger partial charge in [-0.15, -0.1) is 0 Å². The minimum Gasteiger partial charge on any atom is -0.409 e. The van der Waals surface area contributed by atoms with Crippen LogP contribution in [0.15, 0.2) is 23.5 Å². The van der Waals surface area contributed by atoms with Crippen molar-refractivity contribution < 1.29 is 9.94 Å². The molecule has 1 aromatic rings. The summed E-state index contributed by atoms with van der Waals surface area (Å²) in [4.78, 5) is 4.04. The lowest BCUT2D eigenvalue weighted by Gasteiger charge is -2.06. The van der Waals surface area contributed by atoms with Crippen molar-refractivity contribution in [2.24, 2.45) is 16.8 Å². The van der Waals surface area contributed by atoms with Crippen LogP contribution >= 0.6 is 0 Å². The predicted molar refractivity (Wildman–Crippen MR) is 76.6 cm³/mol. The highest BCUT2D eigenvalue weighted by molar-refractivity contribution is 5.95. The lowest BCUT2D eigenvalue weighted by Crippen LogP contribution is -2.18. The Kier molecular flexibility index (Phi) is 5.76. The Labute approximate surface area is 119 Å². The van der Waals surface area contributed by atoms with Gasteiger partial charge in [0.05, 0.1) is 0 Å². The molecule has 1 fully saturated rings. The van der Waals surface area contributed by atoms with Crippen LogP contribution in [0.5, 0.6) is 0 Å². The van der Waals surface area contributed by atoms with Crippen LogP contribution < -0.4 is 11.1 Å². The Morgan fingerprint density at radius 1 is 1.55 bits per heavy atom. The average molecular weight is 278 g/mol. The summed E-state index contributed by atoms with van der Waals surface area (Å²) >= 11 is 0. The summed E-state index contributed by atoms with van der Waals surface area (Å²) in [6, 6.07) is 3.72. The van der Waals surface area contributed by atoms with E-state index in [2.05, 4.69) is 15.5 Å². The van der Waals surface area contributed by atoms with Gasteiger partial charge in [0.2, 0.25) is 0 Å². The van der Waals surface area contributed by atoms with Crippen molar-refractivity contribution in [1.82, 2.24) is 10.3 Å². The van der Waals surface area contributed by atoms with Crippen molar-refractivity contribution in [3.63, 3.8) is 0 Å². The van der Waals surface area contributed by atoms with Crippen molar-refractivity contribution in [3.8, 4) is 0 Å². The van der Waals surface area contributed by atoms with Crippen LogP contribution in [0.1, 0.15) is 30.5 Å². The molecule has 0 aliphatic heterocycles. The van der Waals surface area contributed by atoms with Gasteiger partial charge in [-0.3, -0.25) is 4.98 Å². The third-order valence-electron chi connectivity index (χ3n) is 3.22. The molecule has 1 heterocycles. The Bertz CT molecular complexity index is 447. The van der Waals surface area contributed by atoms with Crippen molar-refractivity contribution >= 4 is 5.84 Å². The number of ether oxygens (including phenoxy) is 1. The fourth-order valence-corrected chi connectivity index (χ4v) is 1.84. The number of aromatic nitrogens is 1. The zero-order chi connectivity index (χ0) is 14.2. The van der Waals surface area contributed by atoms with Gasteiger partial charge < -0.3 is 21.0 Å². The first-order valence-corrected chi connectivity index (χ1v) is 7.01. The molecule has 0 spiro atoms. The van der Waals surface area contributed by atoms with Crippen molar-refractivity contribution in [2.45, 2.75) is 25.8 Å². The Hall–Kier alpha value is -1.66. The monoisotopic (exact) mass is 278 g/mol. The minimum absolute atomic E-state index is 0.0281. The molecule has 110 valence electrons. The van der Waals surface area contributed by atoms with Gasteiger partial charge in [-0.1, -0.05) is 5.16 Å². The summed E-state index contributed by atoms with van der Waals surface area (Å²) < 4.78 is 5.56. The second-order valence-corrected chi connectivity index (χ2v) is 5.08. The molecular weight excluding hydrogens is 256 g/mol. The Morgan fingerprint density at radius 3 is 3.15 bits per heavy atom. The van der Waals surface area contributed by atoms with E-state index in [4.69, 9.17) is 15.7 Å². The van der Waals surface area contributed by atoms with Gasteiger partial charge in [0, 0.05) is 26.0 Å². The zero-order valence-corrected chi connectivity index (χ0v) is 11.6. The topological polar surface area (TPSA) is 92.8 Å².